The molecule has 10 heteroatoms. The zero-order valence-electron chi connectivity index (χ0n) is 12.7. The maximum Gasteiger partial charge on any atom is 0.449 e. The lowest BCUT2D eigenvalue weighted by Crippen LogP contribution is -2.44. The van der Waals surface area contributed by atoms with Crippen LogP contribution in [0.3, 0.4) is 0 Å². The van der Waals surface area contributed by atoms with Crippen LogP contribution >= 0.6 is 0 Å². The first-order valence-electron chi connectivity index (χ1n) is 7.62. The Balaban J connectivity index is 1.52. The topological polar surface area (TPSA) is 96.5 Å². The molecule has 25 heavy (non-hydrogen) atoms. The van der Waals surface area contributed by atoms with Crippen LogP contribution in [0.25, 0.3) is 11.0 Å². The van der Waals surface area contributed by atoms with E-state index in [2.05, 4.69) is 15.3 Å². The molecule has 4 atom stereocenters. The Hall–Kier alpha value is -2.17. The number of benzene rings is 1. The summed E-state index contributed by atoms with van der Waals surface area (Å²) in [5, 5.41) is 12.4. The first-order chi connectivity index (χ1) is 11.8. The fourth-order valence-electron chi connectivity index (χ4n) is 3.14. The number of nitrogens with zero attached hydrogens (tertiary/aromatic N) is 1. The second kappa shape index (κ2) is 5.68. The van der Waals surface area contributed by atoms with E-state index in [1.807, 2.05) is 0 Å². The van der Waals surface area contributed by atoms with Crippen molar-refractivity contribution in [2.24, 2.45) is 0 Å². The molecule has 2 fully saturated rings. The summed E-state index contributed by atoms with van der Waals surface area (Å²) in [7, 11) is 0. The number of ether oxygens (including phenoxy) is 2. The number of amides is 1. The van der Waals surface area contributed by atoms with Crippen molar-refractivity contribution in [2.45, 2.75) is 30.5 Å². The van der Waals surface area contributed by atoms with Crippen molar-refractivity contribution in [3.63, 3.8) is 0 Å². The fraction of sp³-hybridized carbons (Fsp3) is 0.467. The molecular formula is C15H14F3N3O4. The maximum atomic E-state index is 12.7. The summed E-state index contributed by atoms with van der Waals surface area (Å²) in [5.74, 6) is -1.58. The Bertz CT molecular complexity index is 822. The number of alkyl halides is 3. The summed E-state index contributed by atoms with van der Waals surface area (Å²) in [5.41, 5.74) is 0.426. The molecule has 0 bridgehead atoms. The van der Waals surface area contributed by atoms with Gasteiger partial charge in [-0.3, -0.25) is 4.79 Å². The van der Waals surface area contributed by atoms with Gasteiger partial charge in [0.05, 0.1) is 30.3 Å². The zero-order valence-corrected chi connectivity index (χ0v) is 12.7. The lowest BCUT2D eigenvalue weighted by atomic mass is 10.1. The average molecular weight is 357 g/mol. The maximum absolute atomic E-state index is 12.7. The van der Waals surface area contributed by atoms with Gasteiger partial charge in [0.1, 0.15) is 18.3 Å². The van der Waals surface area contributed by atoms with E-state index in [-0.39, 0.29) is 29.8 Å². The first kappa shape index (κ1) is 16.3. The number of hydrogen-bond donors (Lipinski definition) is 3. The highest BCUT2D eigenvalue weighted by Crippen LogP contribution is 2.29. The smallest absolute Gasteiger partial charge is 0.388 e. The van der Waals surface area contributed by atoms with E-state index >= 15 is 0 Å². The van der Waals surface area contributed by atoms with Gasteiger partial charge in [-0.05, 0) is 18.2 Å². The summed E-state index contributed by atoms with van der Waals surface area (Å²) in [6.07, 6.45) is -6.23. The van der Waals surface area contributed by atoms with Gasteiger partial charge in [0.15, 0.2) is 0 Å². The standard InChI is InChI=1S/C15H14F3N3O4/c16-15(17,18)14-20-7-2-1-6(3-8(7)21-14)13(23)19-9-4-24-12-10(22)5-25-11(9)12/h1-3,9-12,22H,4-5H2,(H,19,23)(H,20,21)/t9-,10-,11-,12-/m1/s1. The minimum atomic E-state index is -4.59. The van der Waals surface area contributed by atoms with Crippen LogP contribution in [0.5, 0.6) is 0 Å². The van der Waals surface area contributed by atoms with Crippen molar-refractivity contribution in [3.8, 4) is 0 Å². The zero-order chi connectivity index (χ0) is 17.8. The summed E-state index contributed by atoms with van der Waals surface area (Å²) in [4.78, 5) is 18.0. The number of aromatic nitrogens is 2. The van der Waals surface area contributed by atoms with Crippen LogP contribution in [0.4, 0.5) is 13.2 Å². The van der Waals surface area contributed by atoms with Crippen LogP contribution in [0.2, 0.25) is 0 Å². The number of rotatable bonds is 2. The molecule has 7 nitrogen and oxygen atoms in total. The highest BCUT2D eigenvalue weighted by atomic mass is 19.4. The number of carbonyl (C=O) groups excluding carboxylic acids is 1. The van der Waals surface area contributed by atoms with Crippen molar-refractivity contribution in [1.82, 2.24) is 15.3 Å². The van der Waals surface area contributed by atoms with E-state index in [9.17, 15) is 23.1 Å². The summed E-state index contributed by atoms with van der Waals surface area (Å²) in [6, 6.07) is 3.62. The van der Waals surface area contributed by atoms with Crippen molar-refractivity contribution in [1.29, 1.82) is 0 Å². The largest absolute Gasteiger partial charge is 0.449 e. The molecule has 0 radical (unpaired) electrons. The fourth-order valence-corrected chi connectivity index (χ4v) is 3.14. The third kappa shape index (κ3) is 2.86. The van der Waals surface area contributed by atoms with Crippen LogP contribution in [0.1, 0.15) is 16.2 Å². The minimum absolute atomic E-state index is 0.119. The van der Waals surface area contributed by atoms with Crippen LogP contribution < -0.4 is 5.32 Å². The Morgan fingerprint density at radius 2 is 2.04 bits per heavy atom. The quantitative estimate of drug-likeness (QED) is 0.740. The molecule has 1 aromatic carbocycles. The molecule has 4 rings (SSSR count). The van der Waals surface area contributed by atoms with Gasteiger partial charge in [0, 0.05) is 5.56 Å². The monoisotopic (exact) mass is 357 g/mol. The SMILES string of the molecule is O=C(N[C@@H]1CO[C@H]2[C@@H]1OC[C@H]2O)c1ccc2nc(C(F)(F)F)[nH]c2c1. The minimum Gasteiger partial charge on any atom is -0.388 e. The van der Waals surface area contributed by atoms with E-state index in [1.54, 1.807) is 0 Å². The number of imidazole rings is 1. The second-order valence-electron chi connectivity index (χ2n) is 6.06. The van der Waals surface area contributed by atoms with E-state index < -0.39 is 42.3 Å². The number of aliphatic hydroxyl groups excluding tert-OH is 1. The van der Waals surface area contributed by atoms with E-state index in [1.165, 1.54) is 18.2 Å². The Morgan fingerprint density at radius 3 is 2.80 bits per heavy atom. The highest BCUT2D eigenvalue weighted by Gasteiger charge is 2.47. The molecule has 1 aromatic heterocycles. The predicted octanol–water partition coefficient (Wildman–Crippen LogP) is 0.839. The van der Waals surface area contributed by atoms with Gasteiger partial charge < -0.3 is 24.9 Å². The number of hydrogen-bond acceptors (Lipinski definition) is 5. The summed E-state index contributed by atoms with van der Waals surface area (Å²) < 4.78 is 48.9. The molecule has 0 unspecified atom stereocenters. The molecule has 2 aliphatic rings. The number of aliphatic hydroxyl groups is 1. The molecule has 3 heterocycles. The lowest BCUT2D eigenvalue weighted by molar-refractivity contribution is -0.144. The van der Waals surface area contributed by atoms with Gasteiger partial charge in [-0.15, -0.1) is 0 Å². The highest BCUT2D eigenvalue weighted by molar-refractivity contribution is 5.97. The molecule has 2 aromatic rings. The van der Waals surface area contributed by atoms with Gasteiger partial charge in [-0.2, -0.15) is 13.2 Å². The van der Waals surface area contributed by atoms with E-state index in [0.29, 0.717) is 0 Å². The average Bonchev–Trinajstić information content (AvgIpc) is 3.23. The number of H-pyrrole nitrogens is 1. The van der Waals surface area contributed by atoms with Crippen LogP contribution in [0.15, 0.2) is 18.2 Å². The molecule has 0 spiro atoms. The number of halogens is 3. The molecule has 3 N–H and O–H groups in total. The summed E-state index contributed by atoms with van der Waals surface area (Å²) in [6.45, 7) is 0.338. The van der Waals surface area contributed by atoms with Gasteiger partial charge in [-0.1, -0.05) is 0 Å². The summed E-state index contributed by atoms with van der Waals surface area (Å²) >= 11 is 0. The molecule has 2 saturated heterocycles. The molecule has 2 aliphatic heterocycles. The van der Waals surface area contributed by atoms with Gasteiger partial charge in [0.2, 0.25) is 5.82 Å². The van der Waals surface area contributed by atoms with Crippen molar-refractivity contribution >= 4 is 16.9 Å². The normalized spacial score (nSPS) is 29.1. The Kier molecular flexibility index (Phi) is 3.71. The lowest BCUT2D eigenvalue weighted by Gasteiger charge is -2.17. The van der Waals surface area contributed by atoms with Gasteiger partial charge in [0.25, 0.3) is 5.91 Å². The number of aromatic amines is 1. The van der Waals surface area contributed by atoms with E-state index in [4.69, 9.17) is 9.47 Å². The Morgan fingerprint density at radius 1 is 1.28 bits per heavy atom. The molecule has 134 valence electrons. The Labute approximate surface area is 139 Å². The molecular weight excluding hydrogens is 343 g/mol. The van der Waals surface area contributed by atoms with E-state index in [0.717, 1.165) is 0 Å². The number of nitrogens with one attached hydrogen (secondary N) is 2. The van der Waals surface area contributed by atoms with Gasteiger partial charge >= 0.3 is 6.18 Å². The number of fused-ring (bicyclic) bond motifs is 2. The second-order valence-corrected chi connectivity index (χ2v) is 6.06. The van der Waals surface area contributed by atoms with Crippen molar-refractivity contribution in [3.05, 3.63) is 29.6 Å². The van der Waals surface area contributed by atoms with Crippen LogP contribution in [-0.2, 0) is 15.7 Å². The molecule has 0 saturated carbocycles. The van der Waals surface area contributed by atoms with Gasteiger partial charge in [-0.25, -0.2) is 4.98 Å². The van der Waals surface area contributed by atoms with Crippen molar-refractivity contribution < 1.29 is 32.5 Å². The number of carbonyl (C=O) groups is 1. The van der Waals surface area contributed by atoms with Crippen LogP contribution in [-0.4, -0.2) is 58.5 Å². The molecule has 0 aliphatic carbocycles. The van der Waals surface area contributed by atoms with Crippen LogP contribution in [0, 0.1) is 0 Å². The first-order valence-corrected chi connectivity index (χ1v) is 7.62. The predicted molar refractivity (Wildman–Crippen MR) is 77.8 cm³/mol. The molecule has 1 amide bonds. The van der Waals surface area contributed by atoms with Crippen molar-refractivity contribution in [2.75, 3.05) is 13.2 Å². The third-order valence-electron chi connectivity index (χ3n) is 4.36. The third-order valence-corrected chi connectivity index (χ3v) is 4.36.